The summed E-state index contributed by atoms with van der Waals surface area (Å²) in [6.07, 6.45) is 5.27. The van der Waals surface area contributed by atoms with E-state index < -0.39 is 4.92 Å². The van der Waals surface area contributed by atoms with Gasteiger partial charge in [-0.3, -0.25) is 25.0 Å². The van der Waals surface area contributed by atoms with Gasteiger partial charge < -0.3 is 5.73 Å². The minimum absolute atomic E-state index is 0.0662. The first-order chi connectivity index (χ1) is 12.0. The molecule has 7 nitrogen and oxygen atoms in total. The van der Waals surface area contributed by atoms with Crippen molar-refractivity contribution < 1.29 is 4.92 Å². The van der Waals surface area contributed by atoms with E-state index in [1.54, 1.807) is 0 Å². The summed E-state index contributed by atoms with van der Waals surface area (Å²) in [5.74, 6) is 0. The van der Waals surface area contributed by atoms with E-state index in [1.807, 2.05) is 13.1 Å². The van der Waals surface area contributed by atoms with Gasteiger partial charge in [-0.15, -0.1) is 0 Å². The summed E-state index contributed by atoms with van der Waals surface area (Å²) in [6, 6.07) is 5.06. The third-order valence-electron chi connectivity index (χ3n) is 4.02. The van der Waals surface area contributed by atoms with Crippen LogP contribution in [0.1, 0.15) is 35.4 Å². The summed E-state index contributed by atoms with van der Waals surface area (Å²) in [6.45, 7) is 6.80. The van der Waals surface area contributed by atoms with Crippen molar-refractivity contribution in [1.29, 1.82) is 0 Å². The molecule has 0 spiro atoms. The number of nitrogens with zero attached hydrogens (tertiary/aromatic N) is 4. The normalized spacial score (nSPS) is 11.0. The van der Waals surface area contributed by atoms with Crippen molar-refractivity contribution >= 4 is 5.69 Å². The molecule has 25 heavy (non-hydrogen) atoms. The Morgan fingerprint density at radius 2 is 2.00 bits per heavy atom. The van der Waals surface area contributed by atoms with E-state index in [0.29, 0.717) is 25.3 Å². The fraction of sp³-hybridized carbons (Fsp3) is 0.444. The summed E-state index contributed by atoms with van der Waals surface area (Å²) in [5, 5.41) is 11.0. The van der Waals surface area contributed by atoms with Gasteiger partial charge in [-0.25, -0.2) is 0 Å². The van der Waals surface area contributed by atoms with Gasteiger partial charge in [0.25, 0.3) is 5.69 Å². The molecule has 134 valence electrons. The van der Waals surface area contributed by atoms with Gasteiger partial charge in [-0.2, -0.15) is 0 Å². The third kappa shape index (κ3) is 5.88. The average Bonchev–Trinajstić information content (AvgIpc) is 2.57. The van der Waals surface area contributed by atoms with Crippen LogP contribution < -0.4 is 5.73 Å². The van der Waals surface area contributed by atoms with Crippen molar-refractivity contribution in [2.24, 2.45) is 5.73 Å². The standard InChI is InChI=1S/C18H25N5O2/c1-14-9-15(2)18(21-11-14)13-22(8-4-3-6-19)12-16-10-17(23(24)25)5-7-20-16/h5,7,9-11H,3-4,6,8,12-13,19H2,1-2H3. The molecule has 0 aromatic carbocycles. The highest BCUT2D eigenvalue weighted by Gasteiger charge is 2.13. The number of aryl methyl sites for hydroxylation is 2. The molecule has 0 amide bonds. The lowest BCUT2D eigenvalue weighted by Crippen LogP contribution is -2.26. The number of hydrogen-bond donors (Lipinski definition) is 1. The number of aromatic nitrogens is 2. The largest absolute Gasteiger partial charge is 0.330 e. The second-order valence-electron chi connectivity index (χ2n) is 6.25. The molecule has 0 aliphatic carbocycles. The summed E-state index contributed by atoms with van der Waals surface area (Å²) in [4.78, 5) is 21.6. The maximum absolute atomic E-state index is 11.0. The quantitative estimate of drug-likeness (QED) is 0.427. The van der Waals surface area contributed by atoms with Crippen LogP contribution in [0.25, 0.3) is 0 Å². The Bertz CT molecular complexity index is 720. The Balaban J connectivity index is 2.14. The first-order valence-electron chi connectivity index (χ1n) is 8.43. The summed E-state index contributed by atoms with van der Waals surface area (Å²) in [7, 11) is 0. The fourth-order valence-electron chi connectivity index (χ4n) is 2.71. The smallest absolute Gasteiger partial charge is 0.272 e. The van der Waals surface area contributed by atoms with Crippen LogP contribution >= 0.6 is 0 Å². The van der Waals surface area contributed by atoms with Gasteiger partial charge in [0.2, 0.25) is 0 Å². The molecule has 0 aliphatic heterocycles. The van der Waals surface area contributed by atoms with Crippen molar-refractivity contribution in [3.05, 3.63) is 63.2 Å². The fourth-order valence-corrected chi connectivity index (χ4v) is 2.71. The minimum atomic E-state index is -0.393. The van der Waals surface area contributed by atoms with Gasteiger partial charge in [-0.1, -0.05) is 6.07 Å². The van der Waals surface area contributed by atoms with Crippen LogP contribution in [-0.2, 0) is 13.1 Å². The van der Waals surface area contributed by atoms with E-state index in [9.17, 15) is 10.1 Å². The number of pyridine rings is 2. The first kappa shape index (κ1) is 19.0. The molecule has 2 aromatic heterocycles. The molecule has 0 atom stereocenters. The lowest BCUT2D eigenvalue weighted by Gasteiger charge is -2.22. The number of nitro groups is 1. The molecule has 0 saturated carbocycles. The molecule has 2 heterocycles. The first-order valence-corrected chi connectivity index (χ1v) is 8.43. The number of hydrogen-bond acceptors (Lipinski definition) is 6. The molecule has 2 rings (SSSR count). The molecule has 0 unspecified atom stereocenters. The van der Waals surface area contributed by atoms with E-state index >= 15 is 0 Å². The van der Waals surface area contributed by atoms with Crippen LogP contribution in [0.2, 0.25) is 0 Å². The number of unbranched alkanes of at least 4 members (excludes halogenated alkanes) is 1. The Hall–Kier alpha value is -2.38. The monoisotopic (exact) mass is 343 g/mol. The van der Waals surface area contributed by atoms with Crippen molar-refractivity contribution in [3.63, 3.8) is 0 Å². The lowest BCUT2D eigenvalue weighted by atomic mass is 10.1. The Labute approximate surface area is 148 Å². The zero-order valence-electron chi connectivity index (χ0n) is 14.8. The second kappa shape index (κ2) is 9.19. The average molecular weight is 343 g/mol. The van der Waals surface area contributed by atoms with E-state index in [-0.39, 0.29) is 5.69 Å². The highest BCUT2D eigenvalue weighted by atomic mass is 16.6. The summed E-state index contributed by atoms with van der Waals surface area (Å²) >= 11 is 0. The molecule has 2 aromatic rings. The second-order valence-corrected chi connectivity index (χ2v) is 6.25. The van der Waals surface area contributed by atoms with Gasteiger partial charge >= 0.3 is 0 Å². The van der Waals surface area contributed by atoms with E-state index in [4.69, 9.17) is 5.73 Å². The van der Waals surface area contributed by atoms with Crippen molar-refractivity contribution in [2.75, 3.05) is 13.1 Å². The molecular formula is C18H25N5O2. The van der Waals surface area contributed by atoms with Gasteiger partial charge in [-0.05, 0) is 50.9 Å². The van der Waals surface area contributed by atoms with Crippen LogP contribution in [0.4, 0.5) is 5.69 Å². The van der Waals surface area contributed by atoms with Crippen molar-refractivity contribution in [2.45, 2.75) is 39.8 Å². The van der Waals surface area contributed by atoms with Crippen molar-refractivity contribution in [1.82, 2.24) is 14.9 Å². The maximum atomic E-state index is 11.0. The summed E-state index contributed by atoms with van der Waals surface area (Å²) in [5.41, 5.74) is 9.65. The molecule has 2 N–H and O–H groups in total. The van der Waals surface area contributed by atoms with E-state index in [0.717, 1.165) is 36.2 Å². The van der Waals surface area contributed by atoms with Gasteiger partial charge in [0.05, 0.1) is 16.3 Å². The number of nitrogens with two attached hydrogens (primary N) is 1. The van der Waals surface area contributed by atoms with Gasteiger partial charge in [0, 0.05) is 37.6 Å². The van der Waals surface area contributed by atoms with Crippen LogP contribution in [0.5, 0.6) is 0 Å². The van der Waals surface area contributed by atoms with Crippen LogP contribution in [0.15, 0.2) is 30.6 Å². The van der Waals surface area contributed by atoms with Crippen LogP contribution in [0, 0.1) is 24.0 Å². The Morgan fingerprint density at radius 1 is 1.20 bits per heavy atom. The van der Waals surface area contributed by atoms with Gasteiger partial charge in [0.15, 0.2) is 0 Å². The van der Waals surface area contributed by atoms with E-state index in [2.05, 4.69) is 27.9 Å². The molecular weight excluding hydrogens is 318 g/mol. The molecule has 0 saturated heterocycles. The topological polar surface area (TPSA) is 98.2 Å². The predicted molar refractivity (Wildman–Crippen MR) is 97.0 cm³/mol. The molecule has 0 bridgehead atoms. The van der Waals surface area contributed by atoms with E-state index in [1.165, 1.54) is 18.3 Å². The lowest BCUT2D eigenvalue weighted by molar-refractivity contribution is -0.385. The zero-order valence-corrected chi connectivity index (χ0v) is 14.8. The van der Waals surface area contributed by atoms with Crippen LogP contribution in [0.3, 0.4) is 0 Å². The Morgan fingerprint density at radius 3 is 2.68 bits per heavy atom. The van der Waals surface area contributed by atoms with Crippen LogP contribution in [-0.4, -0.2) is 32.9 Å². The summed E-state index contributed by atoms with van der Waals surface area (Å²) < 4.78 is 0. The highest BCUT2D eigenvalue weighted by molar-refractivity contribution is 5.29. The Kier molecular flexibility index (Phi) is 6.97. The third-order valence-corrected chi connectivity index (χ3v) is 4.02. The molecule has 0 fully saturated rings. The van der Waals surface area contributed by atoms with Crippen molar-refractivity contribution in [3.8, 4) is 0 Å². The molecule has 0 radical (unpaired) electrons. The number of rotatable bonds is 9. The molecule has 0 aliphatic rings. The SMILES string of the molecule is Cc1cnc(CN(CCCCN)Cc2cc([N+](=O)[O-])ccn2)c(C)c1. The van der Waals surface area contributed by atoms with Gasteiger partial charge in [0.1, 0.15) is 0 Å². The zero-order chi connectivity index (χ0) is 18.2. The highest BCUT2D eigenvalue weighted by Crippen LogP contribution is 2.16. The predicted octanol–water partition coefficient (Wildman–Crippen LogP) is 2.74. The maximum Gasteiger partial charge on any atom is 0.272 e. The molecule has 7 heteroatoms. The minimum Gasteiger partial charge on any atom is -0.330 e.